The minimum absolute atomic E-state index is 0.0490. The smallest absolute Gasteiger partial charge is 0.266 e. The molecule has 1 saturated heterocycles. The number of hydrogen-bond donors (Lipinski definition) is 0. The Morgan fingerprint density at radius 3 is 2.82 bits per heavy atom. The van der Waals surface area contributed by atoms with Gasteiger partial charge in [0, 0.05) is 16.3 Å². The summed E-state index contributed by atoms with van der Waals surface area (Å²) in [7, 11) is 0. The number of amides is 1. The Balaban J connectivity index is 2.21. The second-order valence-electron chi connectivity index (χ2n) is 3.78. The third kappa shape index (κ3) is 2.78. The number of thioether (sulfide) groups is 1. The van der Waals surface area contributed by atoms with Gasteiger partial charge in [0.2, 0.25) is 0 Å². The zero-order chi connectivity index (χ0) is 12.4. The van der Waals surface area contributed by atoms with Crippen LogP contribution >= 0.6 is 35.3 Å². The van der Waals surface area contributed by atoms with Crippen LogP contribution in [0.4, 0.5) is 0 Å². The van der Waals surface area contributed by atoms with Crippen molar-refractivity contribution >= 4 is 51.6 Å². The van der Waals surface area contributed by atoms with E-state index in [1.807, 2.05) is 19.1 Å². The largest absolute Gasteiger partial charge is 0.293 e. The fourth-order valence-electron chi connectivity index (χ4n) is 1.58. The molecule has 1 aliphatic heterocycles. The van der Waals surface area contributed by atoms with Gasteiger partial charge >= 0.3 is 0 Å². The van der Waals surface area contributed by atoms with Crippen molar-refractivity contribution in [2.45, 2.75) is 20.3 Å². The lowest BCUT2D eigenvalue weighted by Gasteiger charge is -2.11. The van der Waals surface area contributed by atoms with Crippen LogP contribution in [0.3, 0.4) is 0 Å². The number of nitrogens with zero attached hydrogens (tertiary/aromatic N) is 1. The van der Waals surface area contributed by atoms with E-state index in [-0.39, 0.29) is 5.91 Å². The Labute approximate surface area is 115 Å². The third-order valence-corrected chi connectivity index (χ3v) is 4.68. The van der Waals surface area contributed by atoms with Crippen molar-refractivity contribution in [1.29, 1.82) is 0 Å². The lowest BCUT2D eigenvalue weighted by Crippen LogP contribution is -2.28. The van der Waals surface area contributed by atoms with Gasteiger partial charge in [0.15, 0.2) is 0 Å². The molecule has 0 radical (unpaired) electrons. The van der Waals surface area contributed by atoms with Gasteiger partial charge in [-0.3, -0.25) is 9.69 Å². The van der Waals surface area contributed by atoms with Crippen LogP contribution in [-0.4, -0.2) is 21.7 Å². The molecule has 2 heterocycles. The molecular weight excluding hydrogens is 270 g/mol. The fourth-order valence-corrected chi connectivity index (χ4v) is 3.77. The van der Waals surface area contributed by atoms with Gasteiger partial charge in [0.1, 0.15) is 4.32 Å². The summed E-state index contributed by atoms with van der Waals surface area (Å²) in [6.45, 7) is 4.82. The first-order chi connectivity index (χ1) is 8.11. The average Bonchev–Trinajstić information content (AvgIpc) is 2.79. The maximum atomic E-state index is 12.1. The molecule has 90 valence electrons. The molecule has 0 saturated carbocycles. The first-order valence-electron chi connectivity index (χ1n) is 5.43. The topological polar surface area (TPSA) is 20.3 Å². The van der Waals surface area contributed by atoms with E-state index < -0.39 is 0 Å². The van der Waals surface area contributed by atoms with Crippen molar-refractivity contribution in [3.63, 3.8) is 0 Å². The van der Waals surface area contributed by atoms with E-state index >= 15 is 0 Å². The van der Waals surface area contributed by atoms with Crippen LogP contribution < -0.4 is 0 Å². The van der Waals surface area contributed by atoms with Gasteiger partial charge in [-0.15, -0.1) is 11.3 Å². The number of thiocarbonyl (C=S) groups is 1. The van der Waals surface area contributed by atoms with E-state index in [0.717, 1.165) is 16.2 Å². The highest BCUT2D eigenvalue weighted by atomic mass is 32.2. The van der Waals surface area contributed by atoms with Crippen LogP contribution in [0.25, 0.3) is 6.08 Å². The molecule has 0 spiro atoms. The summed E-state index contributed by atoms with van der Waals surface area (Å²) in [4.78, 5) is 16.9. The zero-order valence-electron chi connectivity index (χ0n) is 9.73. The van der Waals surface area contributed by atoms with Crippen molar-refractivity contribution in [1.82, 2.24) is 4.90 Å². The number of carbonyl (C=O) groups is 1. The molecule has 1 fully saturated rings. The SMILES string of the molecule is CCCN1C(=O)C(=Cc2ccc(C)s2)SC1=S. The summed E-state index contributed by atoms with van der Waals surface area (Å²) in [5, 5.41) is 0. The van der Waals surface area contributed by atoms with E-state index in [9.17, 15) is 4.79 Å². The molecule has 2 nitrogen and oxygen atoms in total. The number of rotatable bonds is 3. The molecule has 1 aliphatic rings. The molecule has 17 heavy (non-hydrogen) atoms. The van der Waals surface area contributed by atoms with Crippen molar-refractivity contribution in [2.75, 3.05) is 6.54 Å². The summed E-state index contributed by atoms with van der Waals surface area (Å²) in [6, 6.07) is 4.09. The minimum atomic E-state index is 0.0490. The highest BCUT2D eigenvalue weighted by Gasteiger charge is 2.31. The molecular formula is C12H13NOS3. The predicted molar refractivity (Wildman–Crippen MR) is 79.2 cm³/mol. The van der Waals surface area contributed by atoms with Crippen molar-refractivity contribution in [3.8, 4) is 0 Å². The fraction of sp³-hybridized carbons (Fsp3) is 0.333. The number of aryl methyl sites for hydroxylation is 1. The number of thiophene rings is 1. The van der Waals surface area contributed by atoms with Crippen LogP contribution in [-0.2, 0) is 4.79 Å². The van der Waals surface area contributed by atoms with E-state index in [1.165, 1.54) is 16.6 Å². The van der Waals surface area contributed by atoms with Crippen LogP contribution in [0.1, 0.15) is 23.1 Å². The maximum absolute atomic E-state index is 12.1. The first-order valence-corrected chi connectivity index (χ1v) is 7.47. The molecule has 0 aliphatic carbocycles. The predicted octanol–water partition coefficient (Wildman–Crippen LogP) is 3.67. The van der Waals surface area contributed by atoms with Gasteiger partial charge in [-0.05, 0) is 31.6 Å². The molecule has 5 heteroatoms. The molecule has 1 amide bonds. The van der Waals surface area contributed by atoms with E-state index in [0.29, 0.717) is 10.9 Å². The molecule has 0 aromatic carbocycles. The lowest BCUT2D eigenvalue weighted by atomic mass is 10.3. The molecule has 2 rings (SSSR count). The number of hydrogen-bond acceptors (Lipinski definition) is 4. The van der Waals surface area contributed by atoms with Gasteiger partial charge in [-0.2, -0.15) is 0 Å². The van der Waals surface area contributed by atoms with Gasteiger partial charge in [-0.1, -0.05) is 30.9 Å². The van der Waals surface area contributed by atoms with E-state index in [1.54, 1.807) is 16.2 Å². The Morgan fingerprint density at radius 1 is 1.47 bits per heavy atom. The van der Waals surface area contributed by atoms with Gasteiger partial charge in [-0.25, -0.2) is 0 Å². The Morgan fingerprint density at radius 2 is 2.24 bits per heavy atom. The van der Waals surface area contributed by atoms with Crippen LogP contribution in [0, 0.1) is 6.92 Å². The molecule has 1 aromatic rings. The molecule has 0 bridgehead atoms. The monoisotopic (exact) mass is 283 g/mol. The summed E-state index contributed by atoms with van der Waals surface area (Å²) < 4.78 is 0.677. The summed E-state index contributed by atoms with van der Waals surface area (Å²) in [5.41, 5.74) is 0. The standard InChI is InChI=1S/C12H13NOS3/c1-3-6-13-11(14)10(17-12(13)15)7-9-5-4-8(2)16-9/h4-5,7H,3,6H2,1-2H3. The Bertz CT molecular complexity index is 490. The molecule has 0 unspecified atom stereocenters. The van der Waals surface area contributed by atoms with Gasteiger partial charge in [0.05, 0.1) is 4.91 Å². The quantitative estimate of drug-likeness (QED) is 0.623. The van der Waals surface area contributed by atoms with E-state index in [2.05, 4.69) is 13.0 Å². The number of carbonyl (C=O) groups excluding carboxylic acids is 1. The third-order valence-electron chi connectivity index (χ3n) is 2.36. The Kier molecular flexibility index (Phi) is 4.01. The first kappa shape index (κ1) is 12.8. The highest BCUT2D eigenvalue weighted by Crippen LogP contribution is 2.33. The van der Waals surface area contributed by atoms with Crippen LogP contribution in [0.5, 0.6) is 0 Å². The van der Waals surface area contributed by atoms with Crippen LogP contribution in [0.2, 0.25) is 0 Å². The molecule has 1 aromatic heterocycles. The second-order valence-corrected chi connectivity index (χ2v) is 6.78. The van der Waals surface area contributed by atoms with Crippen molar-refractivity contribution in [3.05, 3.63) is 26.8 Å². The molecule has 0 N–H and O–H groups in total. The van der Waals surface area contributed by atoms with Crippen molar-refractivity contribution in [2.24, 2.45) is 0 Å². The lowest BCUT2D eigenvalue weighted by molar-refractivity contribution is -0.122. The summed E-state index contributed by atoms with van der Waals surface area (Å²) in [5.74, 6) is 0.0490. The van der Waals surface area contributed by atoms with Gasteiger partial charge < -0.3 is 0 Å². The normalized spacial score (nSPS) is 18.5. The average molecular weight is 283 g/mol. The highest BCUT2D eigenvalue weighted by molar-refractivity contribution is 8.26. The minimum Gasteiger partial charge on any atom is -0.293 e. The summed E-state index contributed by atoms with van der Waals surface area (Å²) >= 11 is 8.30. The Hall–Kier alpha value is -0.650. The van der Waals surface area contributed by atoms with Crippen molar-refractivity contribution < 1.29 is 4.79 Å². The second kappa shape index (κ2) is 5.33. The zero-order valence-corrected chi connectivity index (χ0v) is 12.2. The van der Waals surface area contributed by atoms with Gasteiger partial charge in [0.25, 0.3) is 5.91 Å². The molecule has 0 atom stereocenters. The maximum Gasteiger partial charge on any atom is 0.266 e. The summed E-state index contributed by atoms with van der Waals surface area (Å²) in [6.07, 6.45) is 2.87. The van der Waals surface area contributed by atoms with E-state index in [4.69, 9.17) is 12.2 Å². The van der Waals surface area contributed by atoms with Crippen LogP contribution in [0.15, 0.2) is 17.0 Å².